The Balaban J connectivity index is 2.12. The van der Waals surface area contributed by atoms with Crippen molar-refractivity contribution in [3.8, 4) is 11.3 Å². The molecule has 0 saturated heterocycles. The van der Waals surface area contributed by atoms with Gasteiger partial charge in [0.2, 0.25) is 5.91 Å². The molecule has 1 unspecified atom stereocenters. The van der Waals surface area contributed by atoms with Gasteiger partial charge in [0.25, 0.3) is 0 Å². The number of aryl methyl sites for hydroxylation is 1. The second-order valence-corrected chi connectivity index (χ2v) is 6.70. The minimum atomic E-state index is -0.891. The molecule has 0 fully saturated rings. The van der Waals surface area contributed by atoms with Crippen LogP contribution in [-0.4, -0.2) is 10.9 Å². The molecule has 3 nitrogen and oxygen atoms in total. The number of hydrogen-bond donors (Lipinski definition) is 1. The minimum Gasteiger partial charge on any atom is -0.369 e. The third-order valence-corrected chi connectivity index (χ3v) is 4.75. The van der Waals surface area contributed by atoms with Gasteiger partial charge in [0.15, 0.2) is 0 Å². The maximum atomic E-state index is 13.5. The number of carbonyl (C=O) groups is 1. The molecule has 3 rings (SSSR count). The van der Waals surface area contributed by atoms with Crippen molar-refractivity contribution < 1.29 is 9.18 Å². The Kier molecular flexibility index (Phi) is 5.25. The summed E-state index contributed by atoms with van der Waals surface area (Å²) in [5.74, 6) is -1.79. The molecule has 0 bridgehead atoms. The molecule has 0 saturated carbocycles. The number of aromatic nitrogens is 1. The zero-order chi connectivity index (χ0) is 18.8. The lowest BCUT2D eigenvalue weighted by Gasteiger charge is -2.17. The number of pyridine rings is 1. The molecule has 6 heteroatoms. The maximum absolute atomic E-state index is 13.5. The van der Waals surface area contributed by atoms with E-state index in [1.165, 1.54) is 6.07 Å². The van der Waals surface area contributed by atoms with Gasteiger partial charge in [0.1, 0.15) is 11.7 Å². The van der Waals surface area contributed by atoms with Crippen molar-refractivity contribution in [2.24, 2.45) is 5.73 Å². The van der Waals surface area contributed by atoms with Crippen molar-refractivity contribution in [3.63, 3.8) is 0 Å². The van der Waals surface area contributed by atoms with Crippen molar-refractivity contribution in [2.45, 2.75) is 12.8 Å². The summed E-state index contributed by atoms with van der Waals surface area (Å²) in [5, 5.41) is 0.678. The van der Waals surface area contributed by atoms with Crippen molar-refractivity contribution in [1.82, 2.24) is 4.98 Å². The van der Waals surface area contributed by atoms with E-state index in [0.29, 0.717) is 32.6 Å². The largest absolute Gasteiger partial charge is 0.369 e. The highest BCUT2D eigenvalue weighted by atomic mass is 35.5. The summed E-state index contributed by atoms with van der Waals surface area (Å²) in [7, 11) is 0. The van der Waals surface area contributed by atoms with Crippen LogP contribution >= 0.6 is 23.2 Å². The maximum Gasteiger partial charge on any atom is 0.231 e. The molecule has 1 atom stereocenters. The molecule has 1 heterocycles. The highest BCUT2D eigenvalue weighted by Crippen LogP contribution is 2.35. The van der Waals surface area contributed by atoms with Gasteiger partial charge in [-0.15, -0.1) is 0 Å². The highest BCUT2D eigenvalue weighted by Gasteiger charge is 2.26. The van der Waals surface area contributed by atoms with Crippen LogP contribution in [0.1, 0.15) is 22.7 Å². The first-order valence-electron chi connectivity index (χ1n) is 7.85. The number of nitrogens with zero attached hydrogens (tertiary/aromatic N) is 1. The van der Waals surface area contributed by atoms with Gasteiger partial charge in [-0.05, 0) is 55.0 Å². The van der Waals surface area contributed by atoms with E-state index in [4.69, 9.17) is 28.9 Å². The summed E-state index contributed by atoms with van der Waals surface area (Å²) in [4.78, 5) is 16.7. The van der Waals surface area contributed by atoms with Crippen LogP contribution < -0.4 is 5.73 Å². The molecule has 1 amide bonds. The summed E-state index contributed by atoms with van der Waals surface area (Å²) in [6, 6.07) is 14.9. The molecule has 0 aliphatic carbocycles. The molecule has 3 aromatic rings. The third kappa shape index (κ3) is 3.57. The Hall–Kier alpha value is -2.43. The summed E-state index contributed by atoms with van der Waals surface area (Å²) in [6.07, 6.45) is 0. The van der Waals surface area contributed by atoms with Crippen LogP contribution in [0, 0.1) is 12.7 Å². The summed E-state index contributed by atoms with van der Waals surface area (Å²) < 4.78 is 13.5. The van der Waals surface area contributed by atoms with Gasteiger partial charge in [-0.2, -0.15) is 0 Å². The van der Waals surface area contributed by atoms with Gasteiger partial charge in [-0.1, -0.05) is 35.3 Å². The minimum absolute atomic E-state index is 0.289. The van der Waals surface area contributed by atoms with E-state index in [1.807, 2.05) is 0 Å². The molecular weight excluding hydrogens is 374 g/mol. The standard InChI is InChI=1S/C20H15Cl2FN2O/c1-11-10-12(8-9-15(11)23)16-6-3-7-17(25-16)19(20(24)26)18-13(21)4-2-5-14(18)22/h2-10,19H,1H3,(H2,24,26). The fourth-order valence-electron chi connectivity index (χ4n) is 2.80. The lowest BCUT2D eigenvalue weighted by molar-refractivity contribution is -0.118. The van der Waals surface area contributed by atoms with Gasteiger partial charge in [-0.3, -0.25) is 9.78 Å². The second-order valence-electron chi connectivity index (χ2n) is 5.88. The van der Waals surface area contributed by atoms with E-state index >= 15 is 0 Å². The molecule has 26 heavy (non-hydrogen) atoms. The van der Waals surface area contributed by atoms with Crippen LogP contribution in [0.5, 0.6) is 0 Å². The Bertz CT molecular complexity index is 971. The normalized spacial score (nSPS) is 12.0. The van der Waals surface area contributed by atoms with E-state index in [-0.39, 0.29) is 5.82 Å². The van der Waals surface area contributed by atoms with Crippen LogP contribution in [0.25, 0.3) is 11.3 Å². The average molecular weight is 389 g/mol. The summed E-state index contributed by atoms with van der Waals surface area (Å²) in [6.45, 7) is 1.68. The van der Waals surface area contributed by atoms with E-state index in [9.17, 15) is 9.18 Å². The van der Waals surface area contributed by atoms with E-state index in [0.717, 1.165) is 5.56 Å². The van der Waals surface area contributed by atoms with Gasteiger partial charge < -0.3 is 5.73 Å². The number of nitrogens with two attached hydrogens (primary N) is 1. The molecular formula is C20H15Cl2FN2O. The number of hydrogen-bond acceptors (Lipinski definition) is 2. The Morgan fingerprint density at radius 2 is 1.73 bits per heavy atom. The van der Waals surface area contributed by atoms with Crippen LogP contribution in [0.2, 0.25) is 10.0 Å². The van der Waals surface area contributed by atoms with Crippen LogP contribution in [0.4, 0.5) is 4.39 Å². The third-order valence-electron chi connectivity index (χ3n) is 4.09. The predicted octanol–water partition coefficient (Wildman–Crippen LogP) is 5.12. The number of amides is 1. The first kappa shape index (κ1) is 18.4. The zero-order valence-corrected chi connectivity index (χ0v) is 15.4. The molecule has 0 aliphatic heterocycles. The molecule has 2 N–H and O–H groups in total. The monoisotopic (exact) mass is 388 g/mol. The van der Waals surface area contributed by atoms with Crippen molar-refractivity contribution in [1.29, 1.82) is 0 Å². The molecule has 0 spiro atoms. The topological polar surface area (TPSA) is 56.0 Å². The number of halogens is 3. The first-order chi connectivity index (χ1) is 12.4. The van der Waals surface area contributed by atoms with E-state index in [2.05, 4.69) is 4.98 Å². The zero-order valence-electron chi connectivity index (χ0n) is 13.8. The quantitative estimate of drug-likeness (QED) is 0.673. The predicted molar refractivity (Wildman–Crippen MR) is 102 cm³/mol. The van der Waals surface area contributed by atoms with Gasteiger partial charge in [-0.25, -0.2) is 4.39 Å². The van der Waals surface area contributed by atoms with Crippen LogP contribution in [0.3, 0.4) is 0 Å². The van der Waals surface area contributed by atoms with Gasteiger partial charge >= 0.3 is 0 Å². The molecule has 2 aromatic carbocycles. The number of carbonyl (C=O) groups excluding carboxylic acids is 1. The average Bonchev–Trinajstić information content (AvgIpc) is 2.60. The Labute approximate surface area is 160 Å². The lowest BCUT2D eigenvalue weighted by Crippen LogP contribution is -2.24. The highest BCUT2D eigenvalue weighted by molar-refractivity contribution is 6.36. The van der Waals surface area contributed by atoms with E-state index < -0.39 is 11.8 Å². The number of benzene rings is 2. The lowest BCUT2D eigenvalue weighted by atomic mass is 9.93. The number of primary amides is 1. The molecule has 0 radical (unpaired) electrons. The number of rotatable bonds is 4. The smallest absolute Gasteiger partial charge is 0.231 e. The fraction of sp³-hybridized carbons (Fsp3) is 0.100. The summed E-state index contributed by atoms with van der Waals surface area (Å²) in [5.41, 5.74) is 8.31. The van der Waals surface area contributed by atoms with E-state index in [1.54, 1.807) is 55.5 Å². The van der Waals surface area contributed by atoms with Gasteiger partial charge in [0, 0.05) is 21.2 Å². The molecule has 1 aromatic heterocycles. The fourth-order valence-corrected chi connectivity index (χ4v) is 3.42. The van der Waals surface area contributed by atoms with Gasteiger partial charge in [0.05, 0.1) is 11.4 Å². The van der Waals surface area contributed by atoms with Crippen molar-refractivity contribution >= 4 is 29.1 Å². The Morgan fingerprint density at radius 3 is 2.35 bits per heavy atom. The Morgan fingerprint density at radius 1 is 1.08 bits per heavy atom. The first-order valence-corrected chi connectivity index (χ1v) is 8.60. The van der Waals surface area contributed by atoms with Crippen LogP contribution in [-0.2, 0) is 4.79 Å². The SMILES string of the molecule is Cc1cc(-c2cccc(C(C(N)=O)c3c(Cl)cccc3Cl)n2)ccc1F. The summed E-state index contributed by atoms with van der Waals surface area (Å²) >= 11 is 12.5. The second kappa shape index (κ2) is 7.44. The molecule has 132 valence electrons. The van der Waals surface area contributed by atoms with Crippen molar-refractivity contribution in [3.05, 3.63) is 87.3 Å². The van der Waals surface area contributed by atoms with Crippen LogP contribution in [0.15, 0.2) is 54.6 Å². The molecule has 0 aliphatic rings. The van der Waals surface area contributed by atoms with Crippen molar-refractivity contribution in [2.75, 3.05) is 0 Å².